The normalized spacial score (nSPS) is 20.6. The van der Waals surface area contributed by atoms with Crippen molar-refractivity contribution in [1.29, 1.82) is 0 Å². The predicted octanol–water partition coefficient (Wildman–Crippen LogP) is 1.66. The van der Waals surface area contributed by atoms with Crippen LogP contribution in [-0.4, -0.2) is 29.5 Å². The van der Waals surface area contributed by atoms with E-state index in [-0.39, 0.29) is 11.9 Å². The summed E-state index contributed by atoms with van der Waals surface area (Å²) in [7, 11) is 0. The second-order valence-corrected chi connectivity index (χ2v) is 4.25. The molecule has 2 aromatic rings. The van der Waals surface area contributed by atoms with Crippen LogP contribution >= 0.6 is 0 Å². The van der Waals surface area contributed by atoms with Gasteiger partial charge in [-0.1, -0.05) is 0 Å². The third-order valence-corrected chi connectivity index (χ3v) is 2.95. The third kappa shape index (κ3) is 2.06. The number of hydrogen-bond donors (Lipinski definition) is 2. The molecule has 1 fully saturated rings. The quantitative estimate of drug-likeness (QED) is 0.827. The standard InChI is InChI=1S/C12H14N2O3/c15-8-3-4-11-10(6-8)12(14-17-11)16-9-2-1-5-13-7-9/h3-4,6,9,13,15H,1-2,5,7H2. The number of rotatable bonds is 2. The van der Waals surface area contributed by atoms with Crippen molar-refractivity contribution in [3.63, 3.8) is 0 Å². The van der Waals surface area contributed by atoms with Crippen LogP contribution < -0.4 is 10.1 Å². The van der Waals surface area contributed by atoms with Gasteiger partial charge in [0.2, 0.25) is 0 Å². The van der Waals surface area contributed by atoms with Gasteiger partial charge in [0.1, 0.15) is 11.9 Å². The number of benzene rings is 1. The van der Waals surface area contributed by atoms with Crippen LogP contribution in [0.25, 0.3) is 11.0 Å². The van der Waals surface area contributed by atoms with Crippen LogP contribution in [0.5, 0.6) is 11.6 Å². The van der Waals surface area contributed by atoms with E-state index in [9.17, 15) is 5.11 Å². The van der Waals surface area contributed by atoms with E-state index in [1.807, 2.05) is 0 Å². The van der Waals surface area contributed by atoms with Crippen LogP contribution in [0.3, 0.4) is 0 Å². The largest absolute Gasteiger partial charge is 0.508 e. The van der Waals surface area contributed by atoms with E-state index in [1.54, 1.807) is 18.2 Å². The first-order chi connectivity index (χ1) is 8.33. The van der Waals surface area contributed by atoms with Crippen LogP contribution in [0, 0.1) is 0 Å². The number of aromatic hydroxyl groups is 1. The van der Waals surface area contributed by atoms with Crippen molar-refractivity contribution in [3.05, 3.63) is 18.2 Å². The van der Waals surface area contributed by atoms with Crippen molar-refractivity contribution in [1.82, 2.24) is 10.5 Å². The molecule has 1 saturated heterocycles. The van der Waals surface area contributed by atoms with E-state index in [2.05, 4.69) is 10.5 Å². The number of phenols is 1. The fraction of sp³-hybridized carbons (Fsp3) is 0.417. The molecule has 1 aliphatic rings. The summed E-state index contributed by atoms with van der Waals surface area (Å²) in [5.41, 5.74) is 0.626. The Kier molecular flexibility index (Phi) is 2.60. The number of nitrogens with zero attached hydrogens (tertiary/aromatic N) is 1. The summed E-state index contributed by atoms with van der Waals surface area (Å²) in [5, 5.41) is 17.3. The van der Waals surface area contributed by atoms with Gasteiger partial charge < -0.3 is 19.7 Å². The number of fused-ring (bicyclic) bond motifs is 1. The molecule has 1 unspecified atom stereocenters. The summed E-state index contributed by atoms with van der Waals surface area (Å²) in [6.07, 6.45) is 2.24. The van der Waals surface area contributed by atoms with Gasteiger partial charge in [0.05, 0.1) is 5.39 Å². The van der Waals surface area contributed by atoms with Crippen molar-refractivity contribution in [2.75, 3.05) is 13.1 Å². The highest BCUT2D eigenvalue weighted by molar-refractivity contribution is 5.83. The molecule has 5 nitrogen and oxygen atoms in total. The molecule has 17 heavy (non-hydrogen) atoms. The molecule has 5 heteroatoms. The molecule has 0 bridgehead atoms. The summed E-state index contributed by atoms with van der Waals surface area (Å²) in [6.45, 7) is 1.87. The fourth-order valence-corrected chi connectivity index (χ4v) is 2.07. The van der Waals surface area contributed by atoms with E-state index >= 15 is 0 Å². The Morgan fingerprint density at radius 3 is 3.24 bits per heavy atom. The molecule has 1 aromatic heterocycles. The molecule has 0 saturated carbocycles. The molecular weight excluding hydrogens is 220 g/mol. The van der Waals surface area contributed by atoms with Gasteiger partial charge in [-0.15, -0.1) is 0 Å². The molecule has 0 spiro atoms. The molecule has 0 amide bonds. The Morgan fingerprint density at radius 1 is 1.47 bits per heavy atom. The SMILES string of the molecule is Oc1ccc2onc(OC3CCCNC3)c2c1. The topological polar surface area (TPSA) is 67.5 Å². The highest BCUT2D eigenvalue weighted by atomic mass is 16.5. The van der Waals surface area contributed by atoms with Gasteiger partial charge in [0.15, 0.2) is 5.58 Å². The lowest BCUT2D eigenvalue weighted by molar-refractivity contribution is 0.155. The average molecular weight is 234 g/mol. The highest BCUT2D eigenvalue weighted by Gasteiger charge is 2.18. The Balaban J connectivity index is 1.86. The van der Waals surface area contributed by atoms with Crippen molar-refractivity contribution < 1.29 is 14.4 Å². The third-order valence-electron chi connectivity index (χ3n) is 2.95. The first kappa shape index (κ1) is 10.4. The van der Waals surface area contributed by atoms with Crippen molar-refractivity contribution in [2.45, 2.75) is 18.9 Å². The molecule has 1 atom stereocenters. The lowest BCUT2D eigenvalue weighted by Gasteiger charge is -2.22. The first-order valence-electron chi connectivity index (χ1n) is 5.79. The molecule has 0 radical (unpaired) electrons. The average Bonchev–Trinajstić information content (AvgIpc) is 2.73. The number of piperidine rings is 1. The first-order valence-corrected chi connectivity index (χ1v) is 5.79. The maximum atomic E-state index is 9.44. The van der Waals surface area contributed by atoms with E-state index < -0.39 is 0 Å². The number of phenolic OH excluding ortho intramolecular Hbond substituents is 1. The van der Waals surface area contributed by atoms with E-state index in [0.717, 1.165) is 31.3 Å². The zero-order valence-corrected chi connectivity index (χ0v) is 9.35. The molecule has 1 aliphatic heterocycles. The second kappa shape index (κ2) is 4.25. The molecular formula is C12H14N2O3. The number of aromatic nitrogens is 1. The van der Waals surface area contributed by atoms with Gasteiger partial charge in [-0.2, -0.15) is 0 Å². The molecule has 3 rings (SSSR count). The summed E-state index contributed by atoms with van der Waals surface area (Å²) in [5.74, 6) is 0.650. The maximum absolute atomic E-state index is 9.44. The van der Waals surface area contributed by atoms with Gasteiger partial charge in [-0.3, -0.25) is 0 Å². The minimum absolute atomic E-state index is 0.124. The second-order valence-electron chi connectivity index (χ2n) is 4.25. The Hall–Kier alpha value is -1.75. The Morgan fingerprint density at radius 2 is 2.41 bits per heavy atom. The van der Waals surface area contributed by atoms with E-state index in [0.29, 0.717) is 11.5 Å². The minimum atomic E-state index is 0.124. The summed E-state index contributed by atoms with van der Waals surface area (Å²) >= 11 is 0. The van der Waals surface area contributed by atoms with Crippen molar-refractivity contribution in [2.24, 2.45) is 0 Å². The van der Waals surface area contributed by atoms with Crippen LogP contribution in [0.1, 0.15) is 12.8 Å². The summed E-state index contributed by atoms with van der Waals surface area (Å²) < 4.78 is 10.9. The summed E-state index contributed by atoms with van der Waals surface area (Å²) in [4.78, 5) is 0. The minimum Gasteiger partial charge on any atom is -0.508 e. The van der Waals surface area contributed by atoms with E-state index in [1.165, 1.54) is 0 Å². The van der Waals surface area contributed by atoms with Gasteiger partial charge in [0.25, 0.3) is 5.88 Å². The van der Waals surface area contributed by atoms with Crippen LogP contribution in [0.2, 0.25) is 0 Å². The Labute approximate surface area is 98.4 Å². The molecule has 0 aliphatic carbocycles. The Bertz CT molecular complexity index is 517. The van der Waals surface area contributed by atoms with Gasteiger partial charge in [0, 0.05) is 6.54 Å². The highest BCUT2D eigenvalue weighted by Crippen LogP contribution is 2.29. The number of nitrogens with one attached hydrogen (secondary N) is 1. The maximum Gasteiger partial charge on any atom is 0.262 e. The van der Waals surface area contributed by atoms with Gasteiger partial charge >= 0.3 is 0 Å². The zero-order chi connectivity index (χ0) is 11.7. The van der Waals surface area contributed by atoms with Gasteiger partial charge in [-0.25, -0.2) is 0 Å². The molecule has 1 aromatic carbocycles. The lowest BCUT2D eigenvalue weighted by atomic mass is 10.1. The molecule has 2 heterocycles. The van der Waals surface area contributed by atoms with Crippen molar-refractivity contribution in [3.8, 4) is 11.6 Å². The van der Waals surface area contributed by atoms with Gasteiger partial charge in [-0.05, 0) is 42.7 Å². The predicted molar refractivity (Wildman–Crippen MR) is 62.2 cm³/mol. The molecule has 90 valence electrons. The zero-order valence-electron chi connectivity index (χ0n) is 9.35. The monoisotopic (exact) mass is 234 g/mol. The van der Waals surface area contributed by atoms with E-state index in [4.69, 9.17) is 9.26 Å². The van der Waals surface area contributed by atoms with Crippen LogP contribution in [-0.2, 0) is 0 Å². The number of ether oxygens (including phenoxy) is 1. The van der Waals surface area contributed by atoms with Crippen molar-refractivity contribution >= 4 is 11.0 Å². The smallest absolute Gasteiger partial charge is 0.262 e. The summed E-state index contributed by atoms with van der Waals surface area (Å²) in [6, 6.07) is 4.86. The fourth-order valence-electron chi connectivity index (χ4n) is 2.07. The molecule has 2 N–H and O–H groups in total. The van der Waals surface area contributed by atoms with Crippen LogP contribution in [0.4, 0.5) is 0 Å². The lowest BCUT2D eigenvalue weighted by Crippen LogP contribution is -2.37. The van der Waals surface area contributed by atoms with Crippen LogP contribution in [0.15, 0.2) is 22.7 Å². The number of hydrogen-bond acceptors (Lipinski definition) is 5.